The fourth-order valence-corrected chi connectivity index (χ4v) is 4.86. The molecule has 0 aromatic heterocycles. The van der Waals surface area contributed by atoms with E-state index in [1.165, 1.54) is 12.2 Å². The molecule has 2 N–H and O–H groups in total. The van der Waals surface area contributed by atoms with Crippen LogP contribution in [0, 0.1) is 23.7 Å². The molecule has 5 heteroatoms. The normalized spacial score (nSPS) is 39.7. The largest absolute Gasteiger partial charge is 0.481 e. The highest BCUT2D eigenvalue weighted by atomic mass is 32.2. The summed E-state index contributed by atoms with van der Waals surface area (Å²) in [6.45, 7) is 0.688. The summed E-state index contributed by atoms with van der Waals surface area (Å²) in [4.78, 5) is 23.6. The lowest BCUT2D eigenvalue weighted by Gasteiger charge is -2.24. The van der Waals surface area contributed by atoms with Crippen molar-refractivity contribution in [2.75, 3.05) is 12.3 Å². The average molecular weight is 281 g/mol. The SMILES string of the molecule is O=C(O)[C@@H]1C2C=CC(C2)[C@@H]1C(=O)NCC1CCCS1. The van der Waals surface area contributed by atoms with Gasteiger partial charge < -0.3 is 10.4 Å². The van der Waals surface area contributed by atoms with Crippen molar-refractivity contribution in [1.82, 2.24) is 5.32 Å². The number of carbonyl (C=O) groups is 2. The van der Waals surface area contributed by atoms with Crippen molar-refractivity contribution in [3.05, 3.63) is 12.2 Å². The number of hydrogen-bond acceptors (Lipinski definition) is 3. The second kappa shape index (κ2) is 5.19. The summed E-state index contributed by atoms with van der Waals surface area (Å²) in [6, 6.07) is 0. The minimum atomic E-state index is -0.827. The molecular weight excluding hydrogens is 262 g/mol. The van der Waals surface area contributed by atoms with E-state index in [-0.39, 0.29) is 23.7 Å². The average Bonchev–Trinajstić information content (AvgIpc) is 3.10. The smallest absolute Gasteiger partial charge is 0.307 e. The predicted octanol–water partition coefficient (Wildman–Crippen LogP) is 1.52. The molecule has 3 aliphatic rings. The van der Waals surface area contributed by atoms with E-state index >= 15 is 0 Å². The number of allylic oxidation sites excluding steroid dienone is 2. The number of hydrogen-bond donors (Lipinski definition) is 2. The summed E-state index contributed by atoms with van der Waals surface area (Å²) in [6.07, 6.45) is 7.20. The standard InChI is InChI=1S/C14H19NO3S/c16-13(15-7-10-2-1-5-19-10)11-8-3-4-9(6-8)12(11)14(17)18/h3-4,8-12H,1-2,5-7H2,(H,15,16)(H,17,18)/t8?,9?,10?,11-,12+/m0/s1. The Morgan fingerprint density at radius 1 is 1.26 bits per heavy atom. The molecule has 1 aliphatic heterocycles. The molecule has 5 atom stereocenters. The van der Waals surface area contributed by atoms with Gasteiger partial charge in [0.25, 0.3) is 0 Å². The Hall–Kier alpha value is -0.970. The molecule has 19 heavy (non-hydrogen) atoms. The van der Waals surface area contributed by atoms with Crippen molar-refractivity contribution in [2.45, 2.75) is 24.5 Å². The van der Waals surface area contributed by atoms with Gasteiger partial charge in [0.1, 0.15) is 0 Å². The van der Waals surface area contributed by atoms with Gasteiger partial charge in [-0.2, -0.15) is 11.8 Å². The fraction of sp³-hybridized carbons (Fsp3) is 0.714. The lowest BCUT2D eigenvalue weighted by Crippen LogP contribution is -2.42. The van der Waals surface area contributed by atoms with E-state index in [0.29, 0.717) is 11.8 Å². The third-order valence-electron chi connectivity index (χ3n) is 4.58. The first-order valence-corrected chi connectivity index (χ1v) is 8.02. The molecule has 2 aliphatic carbocycles. The molecule has 1 saturated carbocycles. The zero-order valence-electron chi connectivity index (χ0n) is 10.7. The fourth-order valence-electron chi connectivity index (χ4n) is 3.65. The highest BCUT2D eigenvalue weighted by Gasteiger charge is 2.51. The maximum absolute atomic E-state index is 12.3. The van der Waals surface area contributed by atoms with E-state index in [4.69, 9.17) is 0 Å². The van der Waals surface area contributed by atoms with Gasteiger partial charge in [0.15, 0.2) is 0 Å². The second-order valence-electron chi connectivity index (χ2n) is 5.72. The van der Waals surface area contributed by atoms with Gasteiger partial charge in [0.2, 0.25) is 5.91 Å². The lowest BCUT2D eigenvalue weighted by atomic mass is 9.82. The summed E-state index contributed by atoms with van der Waals surface area (Å²) < 4.78 is 0. The molecule has 0 aromatic rings. The summed E-state index contributed by atoms with van der Waals surface area (Å²) in [5.74, 6) is -0.412. The Morgan fingerprint density at radius 2 is 2.00 bits per heavy atom. The quantitative estimate of drug-likeness (QED) is 0.767. The number of carboxylic acids is 1. The lowest BCUT2D eigenvalue weighted by molar-refractivity contribution is -0.147. The summed E-state index contributed by atoms with van der Waals surface area (Å²) in [5, 5.41) is 12.8. The van der Waals surface area contributed by atoms with Crippen molar-refractivity contribution in [3.8, 4) is 0 Å². The molecule has 1 amide bonds. The van der Waals surface area contributed by atoms with Crippen LogP contribution >= 0.6 is 11.8 Å². The first-order chi connectivity index (χ1) is 9.16. The topological polar surface area (TPSA) is 66.4 Å². The molecule has 0 radical (unpaired) electrons. The van der Waals surface area contributed by atoms with Crippen LogP contribution in [-0.2, 0) is 9.59 Å². The number of carbonyl (C=O) groups excluding carboxylic acids is 1. The van der Waals surface area contributed by atoms with E-state index in [1.54, 1.807) is 0 Å². The maximum atomic E-state index is 12.3. The van der Waals surface area contributed by atoms with Crippen LogP contribution in [0.3, 0.4) is 0 Å². The van der Waals surface area contributed by atoms with Crippen LogP contribution in [0.1, 0.15) is 19.3 Å². The van der Waals surface area contributed by atoms with E-state index in [0.717, 1.165) is 12.8 Å². The van der Waals surface area contributed by atoms with Crippen molar-refractivity contribution in [3.63, 3.8) is 0 Å². The Labute approximate surface area is 117 Å². The van der Waals surface area contributed by atoms with Crippen LogP contribution in [0.25, 0.3) is 0 Å². The number of amides is 1. The molecule has 4 nitrogen and oxygen atoms in total. The molecule has 1 heterocycles. The maximum Gasteiger partial charge on any atom is 0.307 e. The van der Waals surface area contributed by atoms with Crippen LogP contribution < -0.4 is 5.32 Å². The highest BCUT2D eigenvalue weighted by molar-refractivity contribution is 8.00. The van der Waals surface area contributed by atoms with Gasteiger partial charge in [0, 0.05) is 11.8 Å². The van der Waals surface area contributed by atoms with E-state index in [9.17, 15) is 14.7 Å². The minimum absolute atomic E-state index is 0.0547. The van der Waals surface area contributed by atoms with Gasteiger partial charge in [-0.3, -0.25) is 9.59 Å². The predicted molar refractivity (Wildman–Crippen MR) is 73.8 cm³/mol. The van der Waals surface area contributed by atoms with Gasteiger partial charge in [-0.25, -0.2) is 0 Å². The third-order valence-corrected chi connectivity index (χ3v) is 5.97. The molecule has 2 fully saturated rings. The monoisotopic (exact) mass is 281 g/mol. The van der Waals surface area contributed by atoms with E-state index in [1.807, 2.05) is 23.9 Å². The number of carboxylic acid groups (broad SMARTS) is 1. The molecule has 2 bridgehead atoms. The van der Waals surface area contributed by atoms with Crippen molar-refractivity contribution in [2.24, 2.45) is 23.7 Å². The zero-order valence-corrected chi connectivity index (χ0v) is 11.6. The van der Waals surface area contributed by atoms with Gasteiger partial charge in [-0.1, -0.05) is 12.2 Å². The van der Waals surface area contributed by atoms with E-state index in [2.05, 4.69) is 5.32 Å². The Balaban J connectivity index is 1.62. The van der Waals surface area contributed by atoms with Crippen LogP contribution in [0.5, 0.6) is 0 Å². The van der Waals surface area contributed by atoms with E-state index < -0.39 is 11.9 Å². The molecule has 0 spiro atoms. The zero-order chi connectivity index (χ0) is 13.4. The minimum Gasteiger partial charge on any atom is -0.481 e. The van der Waals surface area contributed by atoms with Crippen molar-refractivity contribution >= 4 is 23.6 Å². The molecule has 3 rings (SSSR count). The molecular formula is C14H19NO3S. The summed E-state index contributed by atoms with van der Waals surface area (Å²) in [5.41, 5.74) is 0. The van der Waals surface area contributed by atoms with Gasteiger partial charge in [-0.15, -0.1) is 0 Å². The van der Waals surface area contributed by atoms with Gasteiger partial charge in [0.05, 0.1) is 11.8 Å². The highest BCUT2D eigenvalue weighted by Crippen LogP contribution is 2.48. The van der Waals surface area contributed by atoms with Crippen LogP contribution in [0.2, 0.25) is 0 Å². The first-order valence-electron chi connectivity index (χ1n) is 6.97. The van der Waals surface area contributed by atoms with Crippen molar-refractivity contribution in [1.29, 1.82) is 0 Å². The van der Waals surface area contributed by atoms with Crippen LogP contribution in [-0.4, -0.2) is 34.5 Å². The second-order valence-corrected chi connectivity index (χ2v) is 7.13. The van der Waals surface area contributed by atoms with Crippen LogP contribution in [0.15, 0.2) is 12.2 Å². The van der Waals surface area contributed by atoms with Crippen molar-refractivity contribution < 1.29 is 14.7 Å². The van der Waals surface area contributed by atoms with Crippen LogP contribution in [0.4, 0.5) is 0 Å². The number of thioether (sulfide) groups is 1. The number of rotatable bonds is 4. The Bertz CT molecular complexity index is 417. The van der Waals surface area contributed by atoms with Gasteiger partial charge in [-0.05, 0) is 36.9 Å². The summed E-state index contributed by atoms with van der Waals surface area (Å²) >= 11 is 1.90. The Morgan fingerprint density at radius 3 is 2.63 bits per heavy atom. The number of aliphatic carboxylic acids is 1. The molecule has 0 aromatic carbocycles. The Kier molecular flexibility index (Phi) is 3.56. The van der Waals surface area contributed by atoms with Gasteiger partial charge >= 0.3 is 5.97 Å². The first kappa shape index (κ1) is 13.0. The molecule has 104 valence electrons. The molecule has 1 saturated heterocycles. The molecule has 3 unspecified atom stereocenters. The number of fused-ring (bicyclic) bond motifs is 2. The third kappa shape index (κ3) is 2.40. The summed E-state index contributed by atoms with van der Waals surface area (Å²) in [7, 11) is 0. The number of nitrogens with one attached hydrogen (secondary N) is 1.